The van der Waals surface area contributed by atoms with Crippen LogP contribution in [0.4, 0.5) is 0 Å². The summed E-state index contributed by atoms with van der Waals surface area (Å²) < 4.78 is 7.10. The molecule has 7 atom stereocenters. The largest absolute Gasteiger partial charge is 0.394 e. The molecular weight excluding hydrogens is 270 g/mol. The molecule has 0 heterocycles. The van der Waals surface area contributed by atoms with Crippen molar-refractivity contribution in [3.05, 3.63) is 0 Å². The highest BCUT2D eigenvalue weighted by atomic mass is 16.4. The smallest absolute Gasteiger partial charge is 0.180 e. The van der Waals surface area contributed by atoms with Gasteiger partial charge in [0.05, 0.1) is 12.6 Å². The topological polar surface area (TPSA) is 164 Å². The number of Topliss-reactive ketones (excluding diaryl/α,β-unsaturated/α-hetero) is 1. The minimum atomic E-state index is -2.06. The lowest BCUT2D eigenvalue weighted by atomic mass is 9.89. The van der Waals surface area contributed by atoms with E-state index in [4.69, 9.17) is 11.6 Å². The van der Waals surface area contributed by atoms with Gasteiger partial charge in [-0.25, -0.2) is 0 Å². The van der Waals surface area contributed by atoms with Crippen LogP contribution in [0.2, 0.25) is 1.41 Å². The maximum absolute atomic E-state index is 12.0. The molecule has 0 saturated heterocycles. The molecule has 0 rings (SSSR count). The van der Waals surface area contributed by atoms with Gasteiger partial charge in [-0.3, -0.25) is 4.79 Å². The van der Waals surface area contributed by atoms with Crippen LogP contribution < -0.4 is 5.73 Å². The van der Waals surface area contributed by atoms with E-state index in [0.717, 1.165) is 0 Å². The first kappa shape index (κ1) is 17.4. The molecule has 0 aromatic heterocycles. The van der Waals surface area contributed by atoms with Crippen LogP contribution in [0.3, 0.4) is 0 Å². The second kappa shape index (κ2) is 8.63. The third-order valence-corrected chi connectivity index (χ3v) is 3.42. The van der Waals surface area contributed by atoms with Crippen LogP contribution in [-0.4, -0.2) is 79.6 Å². The van der Waals surface area contributed by atoms with Gasteiger partial charge in [-0.1, -0.05) is 20.3 Å². The minimum absolute atomic E-state index is 0.290. The van der Waals surface area contributed by atoms with E-state index in [2.05, 4.69) is 0 Å². The standard InChI is InChI=1S/C12H25NO7/c1-3-5(2)7(13)9(17)11(19)12(20)10(18)8(16)6(15)4-14/h5-8,10-12,14-16,18-20H,3-4,13H2,1-2H3/t5-,6+,7-,8+,10-,11?,12-/m0/s1/i/hD. The lowest BCUT2D eigenvalue weighted by molar-refractivity contribution is -0.157. The number of nitrogens with two attached hydrogens (primary N) is 1. The van der Waals surface area contributed by atoms with Gasteiger partial charge in [0.25, 0.3) is 0 Å². The molecule has 0 amide bonds. The number of hydrogen-bond donors (Lipinski definition) is 7. The fraction of sp³-hybridized carbons (Fsp3) is 0.917. The number of carbonyl (C=O) groups excluding carboxylic acids is 1. The van der Waals surface area contributed by atoms with Crippen LogP contribution in [0.1, 0.15) is 20.3 Å². The lowest BCUT2D eigenvalue weighted by Crippen LogP contribution is -2.55. The average molecular weight is 296 g/mol. The maximum Gasteiger partial charge on any atom is 0.180 e. The molecule has 0 aromatic rings. The Morgan fingerprint density at radius 3 is 2.10 bits per heavy atom. The highest BCUT2D eigenvalue weighted by Gasteiger charge is 2.39. The van der Waals surface area contributed by atoms with Gasteiger partial charge in [0.2, 0.25) is 0 Å². The van der Waals surface area contributed by atoms with E-state index in [1.165, 1.54) is 0 Å². The Morgan fingerprint density at radius 1 is 1.15 bits per heavy atom. The Morgan fingerprint density at radius 2 is 1.70 bits per heavy atom. The first-order valence-electron chi connectivity index (χ1n) is 6.94. The Kier molecular flexibility index (Phi) is 7.52. The summed E-state index contributed by atoms with van der Waals surface area (Å²) in [4.78, 5) is 12.0. The van der Waals surface area contributed by atoms with Crippen LogP contribution in [0, 0.1) is 5.92 Å². The zero-order valence-corrected chi connectivity index (χ0v) is 11.5. The highest BCUT2D eigenvalue weighted by Crippen LogP contribution is 2.13. The molecule has 20 heavy (non-hydrogen) atoms. The molecule has 0 aliphatic heterocycles. The first-order valence-corrected chi connectivity index (χ1v) is 6.44. The van der Waals surface area contributed by atoms with Gasteiger partial charge in [0.1, 0.15) is 31.9 Å². The monoisotopic (exact) mass is 296 g/mol. The molecule has 0 radical (unpaired) electrons. The molecule has 0 aromatic carbocycles. The Hall–Kier alpha value is -0.610. The van der Waals surface area contributed by atoms with Gasteiger partial charge < -0.3 is 36.4 Å². The Labute approximate surface area is 118 Å². The summed E-state index contributed by atoms with van der Waals surface area (Å²) >= 11 is 0. The summed E-state index contributed by atoms with van der Waals surface area (Å²) in [5.41, 5.74) is 1.99. The van der Waals surface area contributed by atoms with Crippen molar-refractivity contribution in [1.82, 2.24) is 0 Å². The third kappa shape index (κ3) is 4.74. The van der Waals surface area contributed by atoms with Gasteiger partial charge in [0, 0.05) is 0 Å². The van der Waals surface area contributed by atoms with Crippen molar-refractivity contribution < 1.29 is 36.8 Å². The van der Waals surface area contributed by atoms with Crippen molar-refractivity contribution >= 4 is 5.78 Å². The summed E-state index contributed by atoms with van der Waals surface area (Å²) in [7, 11) is 0. The van der Waals surface area contributed by atoms with Crippen molar-refractivity contribution in [3.8, 4) is 0 Å². The SMILES string of the molecule is [2H]N[C@H](C(=O)C(O)[C@@H](O)[C@@H](O)[C@H](O)[C@H](O)CO)[C@@H](C)CC. The molecule has 8 N–H and O–H groups in total. The molecule has 120 valence electrons. The molecule has 0 aliphatic carbocycles. The van der Waals surface area contributed by atoms with Crippen LogP contribution >= 0.6 is 0 Å². The van der Waals surface area contributed by atoms with Gasteiger partial charge >= 0.3 is 0 Å². The zero-order valence-electron chi connectivity index (χ0n) is 12.5. The quantitative estimate of drug-likeness (QED) is 0.220. The number of hydrogen-bond acceptors (Lipinski definition) is 8. The molecular formula is C12H25NO7. The van der Waals surface area contributed by atoms with Crippen LogP contribution in [0.15, 0.2) is 0 Å². The molecule has 8 nitrogen and oxygen atoms in total. The summed E-state index contributed by atoms with van der Waals surface area (Å²) in [5.74, 6) is -1.20. The maximum atomic E-state index is 12.0. The summed E-state index contributed by atoms with van der Waals surface area (Å²) in [6.07, 6.45) is -9.25. The first-order chi connectivity index (χ1) is 9.72. The molecule has 0 spiro atoms. The normalized spacial score (nSPS) is 23.1. The Balaban J connectivity index is 4.89. The van der Waals surface area contributed by atoms with Gasteiger partial charge in [-0.05, 0) is 5.92 Å². The van der Waals surface area contributed by atoms with E-state index in [-0.39, 0.29) is 5.92 Å². The van der Waals surface area contributed by atoms with E-state index in [9.17, 15) is 25.2 Å². The zero-order chi connectivity index (χ0) is 16.7. The Bertz CT molecular complexity index is 320. The molecule has 0 saturated carbocycles. The van der Waals surface area contributed by atoms with Crippen molar-refractivity contribution in [2.45, 2.75) is 56.8 Å². The lowest BCUT2D eigenvalue weighted by Gasteiger charge is -2.29. The fourth-order valence-corrected chi connectivity index (χ4v) is 1.59. The van der Waals surface area contributed by atoms with Crippen LogP contribution in [0.5, 0.6) is 0 Å². The average Bonchev–Trinajstić information content (AvgIpc) is 2.51. The van der Waals surface area contributed by atoms with E-state index in [0.29, 0.717) is 6.42 Å². The predicted octanol–water partition coefficient (Wildman–Crippen LogP) is -3.27. The summed E-state index contributed by atoms with van der Waals surface area (Å²) in [6.45, 7) is 2.59. The fourth-order valence-electron chi connectivity index (χ4n) is 1.59. The summed E-state index contributed by atoms with van der Waals surface area (Å²) in [6, 6.07) is -1.05. The van der Waals surface area contributed by atoms with E-state index >= 15 is 0 Å². The second-order valence-corrected chi connectivity index (χ2v) is 4.93. The molecule has 8 heteroatoms. The number of ketones is 1. The van der Waals surface area contributed by atoms with Crippen molar-refractivity contribution in [3.63, 3.8) is 0 Å². The number of aliphatic hydroxyl groups excluding tert-OH is 6. The van der Waals surface area contributed by atoms with Crippen molar-refractivity contribution in [2.75, 3.05) is 6.61 Å². The van der Waals surface area contributed by atoms with E-state index in [1.54, 1.807) is 13.8 Å². The van der Waals surface area contributed by atoms with Gasteiger partial charge in [-0.15, -0.1) is 0 Å². The number of rotatable bonds is 10. The van der Waals surface area contributed by atoms with Gasteiger partial charge in [0.15, 0.2) is 5.78 Å². The van der Waals surface area contributed by atoms with E-state index < -0.39 is 49.0 Å². The molecule has 0 aliphatic rings. The van der Waals surface area contributed by atoms with E-state index in [1.807, 2.05) is 5.73 Å². The van der Waals surface area contributed by atoms with Gasteiger partial charge in [-0.2, -0.15) is 0 Å². The highest BCUT2D eigenvalue weighted by molar-refractivity contribution is 5.88. The van der Waals surface area contributed by atoms with Crippen LogP contribution in [0.25, 0.3) is 0 Å². The van der Waals surface area contributed by atoms with Crippen molar-refractivity contribution in [1.29, 1.82) is 0 Å². The second-order valence-electron chi connectivity index (χ2n) is 4.93. The molecule has 0 fully saturated rings. The number of carbonyl (C=O) groups is 1. The van der Waals surface area contributed by atoms with Crippen LogP contribution in [-0.2, 0) is 4.79 Å². The third-order valence-electron chi connectivity index (χ3n) is 3.42. The minimum Gasteiger partial charge on any atom is -0.394 e. The van der Waals surface area contributed by atoms with Crippen molar-refractivity contribution in [2.24, 2.45) is 11.6 Å². The number of aliphatic hydroxyl groups is 6. The summed E-state index contributed by atoms with van der Waals surface area (Å²) in [5, 5.41) is 56.3. The predicted molar refractivity (Wildman–Crippen MR) is 69.6 cm³/mol. The molecule has 1 unspecified atom stereocenters. The molecule has 0 bridgehead atoms.